The van der Waals surface area contributed by atoms with Gasteiger partial charge in [0.2, 0.25) is 0 Å². The fraction of sp³-hybridized carbons (Fsp3) is 0.588. The summed E-state index contributed by atoms with van der Waals surface area (Å²) in [4.78, 5) is 18.7. The zero-order valence-corrected chi connectivity index (χ0v) is 14.0. The number of benzene rings is 1. The Labute approximate surface area is 143 Å². The van der Waals surface area contributed by atoms with Crippen LogP contribution in [0.3, 0.4) is 0 Å². The summed E-state index contributed by atoms with van der Waals surface area (Å²) in [6.07, 6.45) is 4.69. The molecule has 0 radical (unpaired) electrons. The first-order valence-corrected chi connectivity index (χ1v) is 8.44. The summed E-state index contributed by atoms with van der Waals surface area (Å²) < 4.78 is 0. The van der Waals surface area contributed by atoms with Gasteiger partial charge in [0, 0.05) is 19.1 Å². The molecule has 1 saturated heterocycles. The zero-order valence-electron chi connectivity index (χ0n) is 14.0. The molecule has 0 aliphatic carbocycles. The lowest BCUT2D eigenvalue weighted by Gasteiger charge is -2.20. The number of nitrogens with two attached hydrogens (primary N) is 1. The van der Waals surface area contributed by atoms with Crippen molar-refractivity contribution in [1.82, 2.24) is 4.90 Å². The van der Waals surface area contributed by atoms with Crippen LogP contribution in [0.4, 0.5) is 0 Å². The number of carbonyl (C=O) groups excluding carboxylic acids is 2. The van der Waals surface area contributed by atoms with Crippen LogP contribution in [0.5, 0.6) is 0 Å². The monoisotopic (exact) mass is 334 g/mol. The Morgan fingerprint density at radius 2 is 1.92 bits per heavy atom. The van der Waals surface area contributed by atoms with E-state index in [2.05, 4.69) is 35.2 Å². The summed E-state index contributed by atoms with van der Waals surface area (Å²) in [7, 11) is -1.17. The Kier molecular flexibility index (Phi) is 10.2. The maximum absolute atomic E-state index is 8.82. The second-order valence-corrected chi connectivity index (χ2v) is 6.28. The van der Waals surface area contributed by atoms with Crippen molar-refractivity contribution in [1.29, 1.82) is 0 Å². The second-order valence-electron chi connectivity index (χ2n) is 6.28. The summed E-state index contributed by atoms with van der Waals surface area (Å²) in [6, 6.07) is 10.8. The summed E-state index contributed by atoms with van der Waals surface area (Å²) in [5.74, 6) is 0.577. The van der Waals surface area contributed by atoms with E-state index in [0.717, 1.165) is 38.9 Å². The number of likely N-dealkylation sites (tertiary alicyclic amines) is 1. The molecule has 6 nitrogen and oxygen atoms in total. The molecule has 2 atom stereocenters. The average molecular weight is 334 g/mol. The van der Waals surface area contributed by atoms with E-state index >= 15 is 0 Å². The lowest BCUT2D eigenvalue weighted by molar-refractivity contribution is -0.191. The van der Waals surface area contributed by atoms with Crippen molar-refractivity contribution in [2.75, 3.05) is 13.1 Å². The molecule has 0 bridgehead atoms. The minimum absolute atomic E-state index is 0.238. The third-order valence-corrected chi connectivity index (χ3v) is 4.41. The molecule has 132 valence electrons. The Bertz CT molecular complexity index is 481. The van der Waals surface area contributed by atoms with Crippen LogP contribution in [-0.4, -0.2) is 47.3 Å². The highest BCUT2D eigenvalue weighted by molar-refractivity contribution is 6.40. The van der Waals surface area contributed by atoms with Crippen LogP contribution in [0.1, 0.15) is 31.2 Å². The number of unbranched alkanes of at least 4 members (excludes halogenated alkanes) is 1. The maximum atomic E-state index is 8.82. The Morgan fingerprint density at radius 1 is 1.25 bits per heavy atom. The minimum atomic E-state index is -1.17. The lowest BCUT2D eigenvalue weighted by Crippen LogP contribution is -2.32. The Balaban J connectivity index is 0.000000891. The van der Waals surface area contributed by atoms with Gasteiger partial charge in [-0.1, -0.05) is 43.2 Å². The minimum Gasteiger partial charge on any atom is -0.427 e. The number of hydrogen-bond acceptors (Lipinski definition) is 6. The quantitative estimate of drug-likeness (QED) is 0.482. The predicted molar refractivity (Wildman–Crippen MR) is 91.7 cm³/mol. The summed E-state index contributed by atoms with van der Waals surface area (Å²) >= 11 is 0. The molecule has 0 saturated carbocycles. The molecule has 24 heavy (non-hydrogen) atoms. The first-order valence-electron chi connectivity index (χ1n) is 8.44. The zero-order chi connectivity index (χ0) is 17.8. The van der Waals surface area contributed by atoms with E-state index < -0.39 is 7.12 Å². The first-order chi connectivity index (χ1) is 11.6. The van der Waals surface area contributed by atoms with Crippen LogP contribution >= 0.6 is 0 Å². The van der Waals surface area contributed by atoms with E-state index in [-0.39, 0.29) is 12.2 Å². The van der Waals surface area contributed by atoms with Crippen molar-refractivity contribution in [3.8, 4) is 0 Å². The van der Waals surface area contributed by atoms with E-state index in [1.54, 1.807) is 0 Å². The van der Waals surface area contributed by atoms with Crippen LogP contribution in [0.25, 0.3) is 0 Å². The molecule has 4 N–H and O–H groups in total. The van der Waals surface area contributed by atoms with E-state index in [4.69, 9.17) is 25.4 Å². The molecule has 0 spiro atoms. The highest BCUT2D eigenvalue weighted by Crippen LogP contribution is 2.23. The van der Waals surface area contributed by atoms with E-state index in [0.29, 0.717) is 12.2 Å². The highest BCUT2D eigenvalue weighted by atomic mass is 16.4. The van der Waals surface area contributed by atoms with Gasteiger partial charge in [0.05, 0.1) is 0 Å². The smallest absolute Gasteiger partial charge is 0.427 e. The van der Waals surface area contributed by atoms with Gasteiger partial charge in [-0.05, 0) is 37.2 Å². The van der Waals surface area contributed by atoms with Gasteiger partial charge in [-0.2, -0.15) is 9.59 Å². The van der Waals surface area contributed by atoms with Gasteiger partial charge in [0.25, 0.3) is 0 Å². The molecule has 1 aliphatic heterocycles. The molecule has 2 rings (SSSR count). The first kappa shape index (κ1) is 20.5. The lowest BCUT2D eigenvalue weighted by atomic mass is 9.82. The van der Waals surface area contributed by atoms with Crippen molar-refractivity contribution in [3.63, 3.8) is 0 Å². The van der Waals surface area contributed by atoms with E-state index in [1.165, 1.54) is 12.0 Å². The number of rotatable bonds is 8. The summed E-state index contributed by atoms with van der Waals surface area (Å²) in [6.45, 7) is 3.22. The van der Waals surface area contributed by atoms with Crippen LogP contribution < -0.4 is 5.73 Å². The van der Waals surface area contributed by atoms with Gasteiger partial charge < -0.3 is 15.8 Å². The van der Waals surface area contributed by atoms with Gasteiger partial charge in [0.15, 0.2) is 0 Å². The second kappa shape index (κ2) is 12.0. The summed E-state index contributed by atoms with van der Waals surface area (Å²) in [5, 5.41) is 17.6. The summed E-state index contributed by atoms with van der Waals surface area (Å²) in [5.41, 5.74) is 7.66. The average Bonchev–Trinajstić information content (AvgIpc) is 3.01. The Hall–Kier alpha value is -1.50. The van der Waals surface area contributed by atoms with Crippen molar-refractivity contribution in [3.05, 3.63) is 35.9 Å². The fourth-order valence-electron chi connectivity index (χ4n) is 3.14. The number of hydrogen-bond donors (Lipinski definition) is 3. The number of nitrogens with zero attached hydrogens (tertiary/aromatic N) is 1. The van der Waals surface area contributed by atoms with Crippen molar-refractivity contribution in [2.24, 2.45) is 11.7 Å². The van der Waals surface area contributed by atoms with Crippen molar-refractivity contribution >= 4 is 13.3 Å². The van der Waals surface area contributed by atoms with Crippen molar-refractivity contribution in [2.45, 2.75) is 44.6 Å². The third kappa shape index (κ3) is 8.38. The molecule has 1 aromatic rings. The molecule has 1 aliphatic rings. The molecular weight excluding hydrogens is 307 g/mol. The van der Waals surface area contributed by atoms with Gasteiger partial charge in [-0.25, -0.2) is 0 Å². The van der Waals surface area contributed by atoms with Gasteiger partial charge in [-0.3, -0.25) is 4.90 Å². The van der Waals surface area contributed by atoms with Gasteiger partial charge >= 0.3 is 13.3 Å². The molecule has 1 aromatic carbocycles. The predicted octanol–water partition coefficient (Wildman–Crippen LogP) is 0.895. The van der Waals surface area contributed by atoms with Gasteiger partial charge in [-0.15, -0.1) is 0 Å². The Morgan fingerprint density at radius 3 is 2.54 bits per heavy atom. The molecule has 0 amide bonds. The fourth-order valence-corrected chi connectivity index (χ4v) is 3.14. The van der Waals surface area contributed by atoms with Gasteiger partial charge in [0.1, 0.15) is 0 Å². The molecular formula is C17H27BN2O4. The highest BCUT2D eigenvalue weighted by Gasteiger charge is 2.27. The third-order valence-electron chi connectivity index (χ3n) is 4.41. The standard InChI is InChI=1S/C16H27BN2O2.CO2/c18-16(8-4-5-10-17(20)21)15-9-11-19(13-15)12-14-6-2-1-3-7-14;2-1-3/h1-3,6-7,15-16,20-21H,4-5,8-13,18H2;/t15-,16?;/m1./s1. The SMILES string of the molecule is NC(CCCCB(O)O)[C@@H]1CCN(Cc2ccccc2)C1.O=C=O. The molecule has 1 unspecified atom stereocenters. The molecule has 7 heteroatoms. The van der Waals surface area contributed by atoms with E-state index in [1.807, 2.05) is 0 Å². The molecule has 1 fully saturated rings. The molecule has 1 heterocycles. The van der Waals surface area contributed by atoms with E-state index in [9.17, 15) is 0 Å². The normalized spacial score (nSPS) is 18.4. The van der Waals surface area contributed by atoms with Crippen LogP contribution in [0, 0.1) is 5.92 Å². The largest absolute Gasteiger partial charge is 0.451 e. The molecule has 0 aromatic heterocycles. The maximum Gasteiger partial charge on any atom is 0.451 e. The topological polar surface area (TPSA) is 104 Å². The van der Waals surface area contributed by atoms with Crippen LogP contribution in [-0.2, 0) is 16.1 Å². The van der Waals surface area contributed by atoms with Crippen molar-refractivity contribution < 1.29 is 19.6 Å². The van der Waals surface area contributed by atoms with Crippen LogP contribution in [0.15, 0.2) is 30.3 Å². The van der Waals surface area contributed by atoms with Crippen LogP contribution in [0.2, 0.25) is 6.32 Å².